The van der Waals surface area contributed by atoms with E-state index in [4.69, 9.17) is 0 Å². The summed E-state index contributed by atoms with van der Waals surface area (Å²) in [5, 5.41) is 44.1. The normalized spacial score (nSPS) is 13.6. The Hall–Kier alpha value is -1.21. The molecule has 4 unspecified atom stereocenters. The fraction of sp³-hybridized carbons (Fsp3) is 0.928. The predicted octanol–water partition coefficient (Wildman–Crippen LogP) is 20.9. The smallest absolute Gasteiger partial charge is 0.249 e. The van der Waals surface area contributed by atoms with Gasteiger partial charge in [-0.2, -0.15) is 0 Å². The molecule has 0 aliphatic carbocycles. The number of nitrogens with one attached hydrogen (secondary N) is 1. The maximum Gasteiger partial charge on any atom is 0.249 e. The minimum Gasteiger partial charge on any atom is -0.394 e. The molecule has 0 heterocycles. The van der Waals surface area contributed by atoms with Crippen molar-refractivity contribution in [2.75, 3.05) is 6.61 Å². The fourth-order valence-electron chi connectivity index (χ4n) is 11.1. The second kappa shape index (κ2) is 63.6. The molecule has 6 nitrogen and oxygen atoms in total. The zero-order valence-electron chi connectivity index (χ0n) is 50.8. The first-order valence-electron chi connectivity index (χ1n) is 34.2. The lowest BCUT2D eigenvalue weighted by Crippen LogP contribution is -2.53. The van der Waals surface area contributed by atoms with Gasteiger partial charge in [-0.1, -0.05) is 353 Å². The van der Waals surface area contributed by atoms with Crippen LogP contribution in [0.3, 0.4) is 0 Å². The van der Waals surface area contributed by atoms with Gasteiger partial charge in [-0.15, -0.1) is 0 Å². The van der Waals surface area contributed by atoms with Crippen molar-refractivity contribution in [2.45, 2.75) is 404 Å². The third-order valence-electron chi connectivity index (χ3n) is 16.4. The quantitative estimate of drug-likeness (QED) is 0.0308. The highest BCUT2D eigenvalue weighted by molar-refractivity contribution is 5.80. The largest absolute Gasteiger partial charge is 0.394 e. The zero-order chi connectivity index (χ0) is 54.4. The molecule has 1 amide bonds. The number of carbonyl (C=O) groups excluding carboxylic acids is 1. The van der Waals surface area contributed by atoms with Gasteiger partial charge >= 0.3 is 0 Å². The molecule has 4 atom stereocenters. The Bertz CT molecular complexity index is 1140. The summed E-state index contributed by atoms with van der Waals surface area (Å²) in [6.45, 7) is 4.09. The van der Waals surface area contributed by atoms with Crippen LogP contribution in [0.5, 0.6) is 0 Å². The number of aliphatic hydroxyl groups excluding tert-OH is 4. The van der Waals surface area contributed by atoms with Crippen LogP contribution in [0.1, 0.15) is 380 Å². The SMILES string of the molecule is CCCCCCCCCCCCCCCC/C=C/CC/C=C/CCCC(O)C(O)C(CO)NC(=O)C(O)CCCCCCCCCCCCCCCCCCCCCCCCCCCCCCCCCCCCCC. The molecule has 0 fully saturated rings. The van der Waals surface area contributed by atoms with Crippen LogP contribution in [0.25, 0.3) is 0 Å². The Morgan fingerprint density at radius 3 is 0.840 bits per heavy atom. The van der Waals surface area contributed by atoms with Crippen molar-refractivity contribution >= 4 is 5.91 Å². The van der Waals surface area contributed by atoms with Crippen molar-refractivity contribution < 1.29 is 25.2 Å². The molecule has 0 saturated heterocycles. The number of amides is 1. The van der Waals surface area contributed by atoms with Crippen LogP contribution in [0.4, 0.5) is 0 Å². The maximum atomic E-state index is 12.6. The van der Waals surface area contributed by atoms with Crippen molar-refractivity contribution in [3.63, 3.8) is 0 Å². The summed E-state index contributed by atoms with van der Waals surface area (Å²) in [5.74, 6) is -0.590. The molecular formula is C69H135NO5. The first kappa shape index (κ1) is 73.8. The molecule has 446 valence electrons. The molecule has 0 aromatic carbocycles. The van der Waals surface area contributed by atoms with E-state index in [1.807, 2.05) is 0 Å². The number of allylic oxidation sites excluding steroid dienone is 4. The lowest BCUT2D eigenvalue weighted by atomic mass is 10.00. The van der Waals surface area contributed by atoms with Gasteiger partial charge < -0.3 is 25.7 Å². The molecule has 0 rings (SSSR count). The number of carbonyl (C=O) groups is 1. The van der Waals surface area contributed by atoms with Gasteiger partial charge in [-0.05, 0) is 51.4 Å². The summed E-state index contributed by atoms with van der Waals surface area (Å²) in [7, 11) is 0. The van der Waals surface area contributed by atoms with Crippen molar-refractivity contribution in [1.82, 2.24) is 5.32 Å². The van der Waals surface area contributed by atoms with Crippen LogP contribution < -0.4 is 5.32 Å². The summed E-state index contributed by atoms with van der Waals surface area (Å²) >= 11 is 0. The van der Waals surface area contributed by atoms with E-state index in [0.717, 1.165) is 38.5 Å². The Morgan fingerprint density at radius 2 is 0.560 bits per heavy atom. The van der Waals surface area contributed by atoms with Crippen LogP contribution in [0.2, 0.25) is 0 Å². The highest BCUT2D eigenvalue weighted by Gasteiger charge is 2.28. The monoisotopic (exact) mass is 1060 g/mol. The molecule has 0 aromatic heterocycles. The van der Waals surface area contributed by atoms with Crippen LogP contribution in [0, 0.1) is 0 Å². The summed E-state index contributed by atoms with van der Waals surface area (Å²) in [6.07, 6.45) is 80.2. The standard InChI is InChI=1S/C69H135NO5/c1-3-5-7-9-11-13-15-17-19-21-23-25-27-28-29-30-31-32-33-34-35-36-37-38-39-41-43-45-47-49-51-53-55-57-59-61-63-67(73)69(75)70-65(64-71)68(74)66(72)62-60-58-56-54-52-50-48-46-44-42-40-26-24-22-20-18-16-14-12-10-8-6-4-2/h46,48,54,56,65-68,71-74H,3-45,47,49-53,55,57-64H2,1-2H3,(H,70,75)/b48-46+,56-54+. The van der Waals surface area contributed by atoms with E-state index in [1.54, 1.807) is 0 Å². The van der Waals surface area contributed by atoms with Crippen molar-refractivity contribution in [3.05, 3.63) is 24.3 Å². The Balaban J connectivity index is 3.54. The molecule has 5 N–H and O–H groups in total. The molecule has 0 saturated carbocycles. The second-order valence-electron chi connectivity index (χ2n) is 23.9. The lowest BCUT2D eigenvalue weighted by Gasteiger charge is -2.27. The molecule has 0 aliphatic rings. The third-order valence-corrected chi connectivity index (χ3v) is 16.4. The van der Waals surface area contributed by atoms with E-state index in [9.17, 15) is 25.2 Å². The molecule has 75 heavy (non-hydrogen) atoms. The Morgan fingerprint density at radius 1 is 0.320 bits per heavy atom. The van der Waals surface area contributed by atoms with Crippen molar-refractivity contribution in [3.8, 4) is 0 Å². The average Bonchev–Trinajstić information content (AvgIpc) is 3.42. The Kier molecular flexibility index (Phi) is 62.6. The molecular weight excluding hydrogens is 923 g/mol. The summed E-state index contributed by atoms with van der Waals surface area (Å²) in [6, 6.07) is -1.01. The number of aliphatic hydroxyl groups is 4. The van der Waals surface area contributed by atoms with Gasteiger partial charge in [-0.25, -0.2) is 0 Å². The van der Waals surface area contributed by atoms with Crippen LogP contribution in [-0.4, -0.2) is 57.3 Å². The number of hydrogen-bond acceptors (Lipinski definition) is 5. The maximum absolute atomic E-state index is 12.6. The number of hydrogen-bond donors (Lipinski definition) is 5. The summed E-state index contributed by atoms with van der Waals surface area (Å²) in [4.78, 5) is 12.6. The summed E-state index contributed by atoms with van der Waals surface area (Å²) in [5.41, 5.74) is 0. The molecule has 6 heteroatoms. The third kappa shape index (κ3) is 57.3. The van der Waals surface area contributed by atoms with Crippen LogP contribution >= 0.6 is 0 Å². The summed E-state index contributed by atoms with van der Waals surface area (Å²) < 4.78 is 0. The number of rotatable bonds is 64. The van der Waals surface area contributed by atoms with Crippen molar-refractivity contribution in [1.29, 1.82) is 0 Å². The predicted molar refractivity (Wildman–Crippen MR) is 330 cm³/mol. The van der Waals surface area contributed by atoms with Gasteiger partial charge in [0.05, 0.1) is 18.8 Å². The van der Waals surface area contributed by atoms with E-state index in [2.05, 4.69) is 43.5 Å². The fourth-order valence-corrected chi connectivity index (χ4v) is 11.1. The minimum atomic E-state index is -1.29. The van der Waals surface area contributed by atoms with Crippen LogP contribution in [0.15, 0.2) is 24.3 Å². The number of unbranched alkanes of at least 4 members (excludes halogenated alkanes) is 51. The van der Waals surface area contributed by atoms with E-state index < -0.39 is 36.9 Å². The molecule has 0 bridgehead atoms. The first-order chi connectivity index (χ1) is 37.0. The highest BCUT2D eigenvalue weighted by Crippen LogP contribution is 2.19. The lowest BCUT2D eigenvalue weighted by molar-refractivity contribution is -0.132. The molecule has 0 aromatic rings. The van der Waals surface area contributed by atoms with Crippen molar-refractivity contribution in [2.24, 2.45) is 0 Å². The van der Waals surface area contributed by atoms with Crippen LogP contribution in [-0.2, 0) is 4.79 Å². The molecule has 0 spiro atoms. The first-order valence-corrected chi connectivity index (χ1v) is 34.2. The molecule has 0 aliphatic heterocycles. The van der Waals surface area contributed by atoms with Gasteiger partial charge in [0.1, 0.15) is 12.2 Å². The highest BCUT2D eigenvalue weighted by atomic mass is 16.3. The van der Waals surface area contributed by atoms with E-state index in [1.165, 1.54) is 308 Å². The van der Waals surface area contributed by atoms with E-state index in [-0.39, 0.29) is 0 Å². The topological polar surface area (TPSA) is 110 Å². The van der Waals surface area contributed by atoms with Gasteiger partial charge in [-0.3, -0.25) is 4.79 Å². The van der Waals surface area contributed by atoms with Gasteiger partial charge in [0, 0.05) is 0 Å². The second-order valence-corrected chi connectivity index (χ2v) is 23.9. The van der Waals surface area contributed by atoms with Gasteiger partial charge in [0.15, 0.2) is 0 Å². The zero-order valence-corrected chi connectivity index (χ0v) is 50.8. The van der Waals surface area contributed by atoms with Gasteiger partial charge in [0.25, 0.3) is 0 Å². The van der Waals surface area contributed by atoms with E-state index in [0.29, 0.717) is 19.3 Å². The van der Waals surface area contributed by atoms with Gasteiger partial charge in [0.2, 0.25) is 5.91 Å². The Labute approximate surface area is 469 Å². The van der Waals surface area contributed by atoms with E-state index >= 15 is 0 Å². The minimum absolute atomic E-state index is 0.365. The molecule has 0 radical (unpaired) electrons. The average molecular weight is 1060 g/mol.